The fourth-order valence-electron chi connectivity index (χ4n) is 0.500. The summed E-state index contributed by atoms with van der Waals surface area (Å²) in [5, 5.41) is 2.22. The lowest BCUT2D eigenvalue weighted by Gasteiger charge is -1.98. The molecule has 0 amide bonds. The van der Waals surface area contributed by atoms with Gasteiger partial charge in [0.25, 0.3) is 7.59 Å². The van der Waals surface area contributed by atoms with Crippen LogP contribution in [0.1, 0.15) is 39.5 Å². The van der Waals surface area contributed by atoms with Gasteiger partial charge in [0.2, 0.25) is 0 Å². The van der Waals surface area contributed by atoms with Gasteiger partial charge in [0, 0.05) is 0 Å². The van der Waals surface area contributed by atoms with Gasteiger partial charge < -0.3 is 0 Å². The van der Waals surface area contributed by atoms with Crippen LogP contribution in [-0.2, 0) is 4.57 Å². The van der Waals surface area contributed by atoms with Crippen LogP contribution in [0.4, 0.5) is 0 Å². The minimum absolute atomic E-state index is 1.36. The molecule has 0 aromatic heterocycles. The highest BCUT2D eigenvalue weighted by molar-refractivity contribution is 7.56. The van der Waals surface area contributed by atoms with Gasteiger partial charge in [-0.3, -0.25) is 15.6 Å². The summed E-state index contributed by atoms with van der Waals surface area (Å²) >= 11 is 0. The van der Waals surface area contributed by atoms with Crippen LogP contribution in [0.3, 0.4) is 0 Å². The highest BCUT2D eigenvalue weighted by atomic mass is 31.2. The first-order valence-corrected chi connectivity index (χ1v) is 6.18. The van der Waals surface area contributed by atoms with Gasteiger partial charge in [0.15, 0.2) is 0 Å². The van der Waals surface area contributed by atoms with Crippen molar-refractivity contribution in [3.05, 3.63) is 0 Å². The molecule has 5 N–H and O–H groups in total. The number of unbranched alkanes of at least 4 members (excludes halogenated alkanes) is 3. The second kappa shape index (κ2) is 9.20. The monoisotopic (exact) mass is 195 g/mol. The van der Waals surface area contributed by atoms with Crippen molar-refractivity contribution < 1.29 is 4.57 Å². The second-order valence-electron chi connectivity index (χ2n) is 2.64. The topological polar surface area (TPSA) is 81.1 Å². The summed E-state index contributed by atoms with van der Waals surface area (Å²) in [5.74, 6) is 0. The highest BCUT2D eigenvalue weighted by Crippen LogP contribution is 2.13. The molecule has 0 saturated heterocycles. The Labute approximate surface area is 75.6 Å². The third-order valence-electron chi connectivity index (χ3n) is 1.31. The zero-order valence-electron chi connectivity index (χ0n) is 8.34. The van der Waals surface area contributed by atoms with E-state index in [9.17, 15) is 4.57 Å². The lowest BCUT2D eigenvalue weighted by Crippen LogP contribution is -2.17. The molecule has 0 heterocycles. The van der Waals surface area contributed by atoms with Crippen molar-refractivity contribution >= 4 is 7.59 Å². The number of nitrogens with two attached hydrogens (primary N) is 2. The number of rotatable bonds is 4. The summed E-state index contributed by atoms with van der Waals surface area (Å²) in [6.45, 7) is 4.46. The summed E-state index contributed by atoms with van der Waals surface area (Å²) in [5.41, 5.74) is 9.51. The Balaban J connectivity index is 0. The Bertz CT molecular complexity index is 120. The van der Waals surface area contributed by atoms with E-state index in [2.05, 4.69) is 18.9 Å². The van der Waals surface area contributed by atoms with Crippen molar-refractivity contribution in [3.63, 3.8) is 0 Å². The van der Waals surface area contributed by atoms with Gasteiger partial charge in [-0.2, -0.15) is 0 Å². The molecule has 0 bridgehead atoms. The molecule has 0 rings (SSSR count). The minimum atomic E-state index is -2.90. The average Bonchev–Trinajstić information content (AvgIpc) is 2.01. The van der Waals surface area contributed by atoms with Crippen LogP contribution in [0.2, 0.25) is 0 Å². The van der Waals surface area contributed by atoms with Crippen molar-refractivity contribution in [2.45, 2.75) is 39.5 Å². The molecule has 4 nitrogen and oxygen atoms in total. The van der Waals surface area contributed by atoms with E-state index in [0.29, 0.717) is 0 Å². The number of nitrogens with one attached hydrogen (secondary N) is 1. The third kappa shape index (κ3) is 22.5. The molecule has 0 aliphatic carbocycles. The van der Waals surface area contributed by atoms with Crippen LogP contribution in [-0.4, -0.2) is 7.05 Å². The second-order valence-corrected chi connectivity index (χ2v) is 4.51. The van der Waals surface area contributed by atoms with Gasteiger partial charge in [0.1, 0.15) is 0 Å². The molecule has 0 aliphatic rings. The van der Waals surface area contributed by atoms with E-state index in [1.54, 1.807) is 0 Å². The third-order valence-corrected chi connectivity index (χ3v) is 2.01. The summed E-state index contributed by atoms with van der Waals surface area (Å²) in [7, 11) is -1.45. The smallest absolute Gasteiger partial charge is 0.271 e. The Morgan fingerprint density at radius 2 is 1.42 bits per heavy atom. The van der Waals surface area contributed by atoms with Crippen molar-refractivity contribution in [1.29, 1.82) is 0 Å². The lowest BCUT2D eigenvalue weighted by molar-refractivity contribution is 0.571. The molecule has 0 fully saturated rings. The molecule has 76 valence electrons. The molecule has 5 heteroatoms. The minimum Gasteiger partial charge on any atom is -0.271 e. The van der Waals surface area contributed by atoms with Gasteiger partial charge in [-0.05, 0) is 7.05 Å². The predicted octanol–water partition coefficient (Wildman–Crippen LogP) is 1.82. The van der Waals surface area contributed by atoms with E-state index in [1.165, 1.54) is 32.7 Å². The van der Waals surface area contributed by atoms with E-state index < -0.39 is 7.59 Å². The van der Waals surface area contributed by atoms with E-state index in [0.717, 1.165) is 0 Å². The van der Waals surface area contributed by atoms with Crippen molar-refractivity contribution in [1.82, 2.24) is 5.09 Å². The van der Waals surface area contributed by atoms with Gasteiger partial charge >= 0.3 is 0 Å². The fourth-order valence-corrected chi connectivity index (χ4v) is 0.500. The molecule has 0 saturated carbocycles. The predicted molar refractivity (Wildman–Crippen MR) is 54.9 cm³/mol. The van der Waals surface area contributed by atoms with Crippen molar-refractivity contribution in [2.75, 3.05) is 7.05 Å². The maximum absolute atomic E-state index is 10.0. The van der Waals surface area contributed by atoms with Crippen LogP contribution in [0, 0.1) is 0 Å². The van der Waals surface area contributed by atoms with E-state index >= 15 is 0 Å². The van der Waals surface area contributed by atoms with E-state index in [4.69, 9.17) is 11.0 Å². The first kappa shape index (κ1) is 14.6. The highest BCUT2D eigenvalue weighted by Gasteiger charge is 1.98. The van der Waals surface area contributed by atoms with Crippen LogP contribution >= 0.6 is 7.59 Å². The van der Waals surface area contributed by atoms with Gasteiger partial charge in [0.05, 0.1) is 0 Å². The van der Waals surface area contributed by atoms with Crippen LogP contribution in [0.15, 0.2) is 0 Å². The molecule has 0 spiro atoms. The SMILES string of the molecule is CCCCCC.CNP(N)(N)=O. The number of hydrogen-bond donors (Lipinski definition) is 3. The number of hydrogen-bond acceptors (Lipinski definition) is 1. The van der Waals surface area contributed by atoms with Gasteiger partial charge in [-0.1, -0.05) is 39.5 Å². The Morgan fingerprint density at radius 1 is 1.17 bits per heavy atom. The molecule has 0 aliphatic heterocycles. The summed E-state index contributed by atoms with van der Waals surface area (Å²) in [6, 6.07) is 0. The van der Waals surface area contributed by atoms with Crippen LogP contribution in [0.25, 0.3) is 0 Å². The Hall–Kier alpha value is 0.110. The summed E-state index contributed by atoms with van der Waals surface area (Å²) in [6.07, 6.45) is 5.54. The maximum atomic E-state index is 10.0. The summed E-state index contributed by atoms with van der Waals surface area (Å²) < 4.78 is 10.0. The summed E-state index contributed by atoms with van der Waals surface area (Å²) in [4.78, 5) is 0. The maximum Gasteiger partial charge on any atom is 0.273 e. The molecule has 0 atom stereocenters. The van der Waals surface area contributed by atoms with Gasteiger partial charge in [-0.15, -0.1) is 0 Å². The lowest BCUT2D eigenvalue weighted by atomic mass is 10.2. The van der Waals surface area contributed by atoms with Gasteiger partial charge in [-0.25, -0.2) is 5.09 Å². The first-order valence-electron chi connectivity index (χ1n) is 4.34. The standard InChI is InChI=1S/C6H14.CH8N3OP/c1-3-5-6-4-2;1-4-6(2,3)5/h3-6H2,1-2H3;1H3,(H5,2,3,4,5). The zero-order chi connectivity index (χ0) is 10.0. The molecule has 0 radical (unpaired) electrons. The zero-order valence-corrected chi connectivity index (χ0v) is 9.23. The Morgan fingerprint density at radius 3 is 1.50 bits per heavy atom. The Kier molecular flexibility index (Phi) is 11.2. The molecule has 12 heavy (non-hydrogen) atoms. The molecule has 0 aromatic carbocycles. The molecular formula is C7H22N3OP. The van der Waals surface area contributed by atoms with E-state index in [1.807, 2.05) is 0 Å². The molecular weight excluding hydrogens is 173 g/mol. The largest absolute Gasteiger partial charge is 0.273 e. The van der Waals surface area contributed by atoms with E-state index in [-0.39, 0.29) is 0 Å². The van der Waals surface area contributed by atoms with Crippen LogP contribution in [0.5, 0.6) is 0 Å². The molecule has 0 unspecified atom stereocenters. The van der Waals surface area contributed by atoms with Crippen molar-refractivity contribution in [3.8, 4) is 0 Å². The normalized spacial score (nSPS) is 10.4. The fraction of sp³-hybridized carbons (Fsp3) is 1.00. The van der Waals surface area contributed by atoms with Crippen molar-refractivity contribution in [2.24, 2.45) is 11.0 Å². The first-order chi connectivity index (χ1) is 5.47. The average molecular weight is 195 g/mol. The van der Waals surface area contributed by atoms with Crippen LogP contribution < -0.4 is 16.1 Å². The quantitative estimate of drug-likeness (QED) is 0.472. The molecule has 0 aromatic rings.